The van der Waals surface area contributed by atoms with E-state index in [9.17, 15) is 9.90 Å². The molecule has 1 fully saturated rings. The molecule has 32 heavy (non-hydrogen) atoms. The number of nitrogens with one attached hydrogen (secondary N) is 1. The average molecular weight is 481 g/mol. The molecule has 2 aliphatic rings. The molecule has 0 aliphatic carbocycles. The third-order valence-electron chi connectivity index (χ3n) is 5.73. The van der Waals surface area contributed by atoms with Gasteiger partial charge in [-0.05, 0) is 44.0 Å². The van der Waals surface area contributed by atoms with Crippen molar-refractivity contribution in [2.45, 2.75) is 31.4 Å². The van der Waals surface area contributed by atoms with Gasteiger partial charge in [0.25, 0.3) is 0 Å². The average Bonchev–Trinajstić information content (AvgIpc) is 3.19. The van der Waals surface area contributed by atoms with Crippen molar-refractivity contribution in [1.82, 2.24) is 10.2 Å². The van der Waals surface area contributed by atoms with E-state index in [0.717, 1.165) is 18.5 Å². The van der Waals surface area contributed by atoms with Crippen molar-refractivity contribution in [2.24, 2.45) is 0 Å². The van der Waals surface area contributed by atoms with Crippen LogP contribution in [0.15, 0.2) is 36.4 Å². The van der Waals surface area contributed by atoms with Crippen molar-refractivity contribution in [1.29, 1.82) is 0 Å². The molecule has 0 aromatic heterocycles. The van der Waals surface area contributed by atoms with E-state index in [1.165, 1.54) is 0 Å². The molecule has 0 spiro atoms. The number of para-hydroxylation sites is 1. The third-order valence-corrected chi connectivity index (χ3v) is 6.47. The smallest absolute Gasteiger partial charge is 0.234 e. The Bertz CT molecular complexity index is 973. The highest BCUT2D eigenvalue weighted by Crippen LogP contribution is 2.35. The Morgan fingerprint density at radius 2 is 2.03 bits per heavy atom. The Kier molecular flexibility index (Phi) is 7.30. The second-order valence-corrected chi connectivity index (χ2v) is 8.96. The van der Waals surface area contributed by atoms with Crippen LogP contribution in [0.5, 0.6) is 17.2 Å². The second kappa shape index (κ2) is 10.2. The van der Waals surface area contributed by atoms with Gasteiger partial charge in [-0.15, -0.1) is 0 Å². The van der Waals surface area contributed by atoms with Gasteiger partial charge in [0.2, 0.25) is 12.7 Å². The minimum absolute atomic E-state index is 0.0704. The van der Waals surface area contributed by atoms with Crippen LogP contribution in [0, 0.1) is 0 Å². The maximum Gasteiger partial charge on any atom is 0.234 e. The van der Waals surface area contributed by atoms with Crippen molar-refractivity contribution < 1.29 is 24.1 Å². The normalized spacial score (nSPS) is 20.6. The van der Waals surface area contributed by atoms with Crippen LogP contribution in [0.3, 0.4) is 0 Å². The van der Waals surface area contributed by atoms with Crippen molar-refractivity contribution >= 4 is 29.1 Å². The van der Waals surface area contributed by atoms with Crippen LogP contribution < -0.4 is 19.5 Å². The van der Waals surface area contributed by atoms with Gasteiger partial charge in [-0.3, -0.25) is 9.69 Å². The Balaban J connectivity index is 1.24. The molecular formula is C23H26Cl2N2O5. The van der Waals surface area contributed by atoms with Gasteiger partial charge < -0.3 is 24.6 Å². The highest BCUT2D eigenvalue weighted by atomic mass is 35.5. The van der Waals surface area contributed by atoms with Crippen LogP contribution in [0.1, 0.15) is 24.8 Å². The summed E-state index contributed by atoms with van der Waals surface area (Å²) in [7, 11) is 0. The summed E-state index contributed by atoms with van der Waals surface area (Å²) in [6, 6.07) is 10.7. The zero-order chi connectivity index (χ0) is 22.6. The number of rotatable bonds is 7. The Labute approximate surface area is 197 Å². The van der Waals surface area contributed by atoms with Crippen molar-refractivity contribution in [2.75, 3.05) is 33.0 Å². The number of carbonyl (C=O) groups is 1. The lowest BCUT2D eigenvalue weighted by Gasteiger charge is -2.27. The SMILES string of the molecule is O=C(CN1CCCC(O)(COc2ccc(Cl)c(Cl)c2)CC1)NCc1cccc2c1OCO2. The molecule has 2 aliphatic heterocycles. The number of fused-ring (bicyclic) bond motifs is 1. The van der Waals surface area contributed by atoms with Crippen molar-refractivity contribution in [3.8, 4) is 17.2 Å². The number of hydrogen-bond acceptors (Lipinski definition) is 6. The van der Waals surface area contributed by atoms with Gasteiger partial charge in [-0.1, -0.05) is 35.3 Å². The first-order valence-electron chi connectivity index (χ1n) is 10.6. The first-order chi connectivity index (χ1) is 15.4. The Hall–Kier alpha value is -2.19. The minimum atomic E-state index is -0.959. The minimum Gasteiger partial charge on any atom is -0.491 e. The molecule has 9 heteroatoms. The predicted molar refractivity (Wildman–Crippen MR) is 122 cm³/mol. The number of amides is 1. The topological polar surface area (TPSA) is 80.3 Å². The summed E-state index contributed by atoms with van der Waals surface area (Å²) in [6.45, 7) is 2.35. The molecule has 172 valence electrons. The number of nitrogens with zero attached hydrogens (tertiary/aromatic N) is 1. The van der Waals surface area contributed by atoms with E-state index in [0.29, 0.717) is 53.2 Å². The summed E-state index contributed by atoms with van der Waals surface area (Å²) in [5.41, 5.74) is -0.0720. The van der Waals surface area contributed by atoms with Crippen LogP contribution in [-0.4, -0.2) is 54.5 Å². The molecule has 2 aromatic rings. The lowest BCUT2D eigenvalue weighted by molar-refractivity contribution is -0.122. The summed E-state index contributed by atoms with van der Waals surface area (Å²) in [5.74, 6) is 1.88. The van der Waals surface area contributed by atoms with Crippen LogP contribution in [0.25, 0.3) is 0 Å². The number of ether oxygens (including phenoxy) is 3. The number of aliphatic hydroxyl groups is 1. The van der Waals surface area contributed by atoms with Crippen molar-refractivity contribution in [3.05, 3.63) is 52.0 Å². The monoisotopic (exact) mass is 480 g/mol. The molecule has 1 amide bonds. The molecular weight excluding hydrogens is 455 g/mol. The van der Waals surface area contributed by atoms with E-state index in [1.807, 2.05) is 18.2 Å². The quantitative estimate of drug-likeness (QED) is 0.629. The lowest BCUT2D eigenvalue weighted by atomic mass is 9.96. The molecule has 0 radical (unpaired) electrons. The van der Waals surface area contributed by atoms with Crippen LogP contribution >= 0.6 is 23.2 Å². The maximum absolute atomic E-state index is 12.5. The van der Waals surface area contributed by atoms with E-state index in [-0.39, 0.29) is 25.9 Å². The predicted octanol–water partition coefficient (Wildman–Crippen LogP) is 3.63. The van der Waals surface area contributed by atoms with Gasteiger partial charge in [-0.2, -0.15) is 0 Å². The fourth-order valence-electron chi connectivity index (χ4n) is 3.90. The first kappa shape index (κ1) is 23.0. The van der Waals surface area contributed by atoms with Crippen LogP contribution in [0.4, 0.5) is 0 Å². The summed E-state index contributed by atoms with van der Waals surface area (Å²) in [5, 5.41) is 14.8. The third kappa shape index (κ3) is 5.78. The fraction of sp³-hybridized carbons (Fsp3) is 0.435. The van der Waals surface area contributed by atoms with E-state index in [2.05, 4.69) is 10.2 Å². The molecule has 2 heterocycles. The maximum atomic E-state index is 12.5. The first-order valence-corrected chi connectivity index (χ1v) is 11.3. The number of benzene rings is 2. The Morgan fingerprint density at radius 1 is 1.16 bits per heavy atom. The Morgan fingerprint density at radius 3 is 2.88 bits per heavy atom. The molecule has 1 saturated heterocycles. The summed E-state index contributed by atoms with van der Waals surface area (Å²) >= 11 is 12.0. The van der Waals surface area contributed by atoms with Gasteiger partial charge in [0.1, 0.15) is 12.4 Å². The molecule has 1 atom stereocenters. The molecule has 7 nitrogen and oxygen atoms in total. The number of carbonyl (C=O) groups excluding carboxylic acids is 1. The molecule has 2 N–H and O–H groups in total. The lowest BCUT2D eigenvalue weighted by Crippen LogP contribution is -2.40. The standard InChI is InChI=1S/C23H26Cl2N2O5/c24-18-6-5-17(11-19(18)25)30-14-23(29)7-2-9-27(10-8-23)13-21(28)26-12-16-3-1-4-20-22(16)32-15-31-20/h1,3-6,11,29H,2,7-10,12-15H2,(H,26,28). The fourth-order valence-corrected chi connectivity index (χ4v) is 4.19. The molecule has 4 rings (SSSR count). The summed E-state index contributed by atoms with van der Waals surface area (Å²) < 4.78 is 16.6. The van der Waals surface area contributed by atoms with E-state index < -0.39 is 5.60 Å². The van der Waals surface area contributed by atoms with Gasteiger partial charge in [0.05, 0.1) is 22.2 Å². The molecule has 1 unspecified atom stereocenters. The molecule has 2 aromatic carbocycles. The zero-order valence-corrected chi connectivity index (χ0v) is 19.1. The van der Waals surface area contributed by atoms with Gasteiger partial charge >= 0.3 is 0 Å². The number of hydrogen-bond donors (Lipinski definition) is 2. The summed E-state index contributed by atoms with van der Waals surface area (Å²) in [4.78, 5) is 14.6. The van der Waals surface area contributed by atoms with Gasteiger partial charge in [0.15, 0.2) is 11.5 Å². The summed E-state index contributed by atoms with van der Waals surface area (Å²) in [6.07, 6.45) is 1.88. The van der Waals surface area contributed by atoms with Crippen molar-refractivity contribution in [3.63, 3.8) is 0 Å². The van der Waals surface area contributed by atoms with E-state index in [4.69, 9.17) is 37.4 Å². The van der Waals surface area contributed by atoms with Gasteiger partial charge in [-0.25, -0.2) is 0 Å². The zero-order valence-electron chi connectivity index (χ0n) is 17.6. The van der Waals surface area contributed by atoms with Gasteiger partial charge in [0, 0.05) is 24.7 Å². The highest BCUT2D eigenvalue weighted by Gasteiger charge is 2.31. The number of likely N-dealkylation sites (tertiary alicyclic amines) is 1. The van der Waals surface area contributed by atoms with E-state index >= 15 is 0 Å². The largest absolute Gasteiger partial charge is 0.491 e. The van der Waals surface area contributed by atoms with Crippen LogP contribution in [-0.2, 0) is 11.3 Å². The molecule has 0 saturated carbocycles. The van der Waals surface area contributed by atoms with E-state index in [1.54, 1.807) is 18.2 Å². The molecule has 0 bridgehead atoms. The highest BCUT2D eigenvalue weighted by molar-refractivity contribution is 6.42. The second-order valence-electron chi connectivity index (χ2n) is 8.15. The van der Waals surface area contributed by atoms with Crippen LogP contribution in [0.2, 0.25) is 10.0 Å². The number of halogens is 2.